The van der Waals surface area contributed by atoms with Gasteiger partial charge in [0.1, 0.15) is 63.9 Å². The lowest BCUT2D eigenvalue weighted by molar-refractivity contribution is 0.412. The lowest BCUT2D eigenvalue weighted by atomic mass is 10.1. The maximum Gasteiger partial charge on any atom is 0.147 e. The average Bonchev–Trinajstić information content (AvgIpc) is 1.67. The standard InChI is InChI=1S/C10H11N.C9H8ClN.C9H7F.2C8H8ClF.C8H9ClO.C8H9Cl.4C8H9F.C7H5ClF2.C7H6ClF.C7H7Cl.C5H5ClS/c1-8-7-11(2)10-6-4-3-5-9(8)10;1-11-6-5-7-8(10)3-2-4-9(7)11;1-3-8-6-4-5-7(2)9(8)10;2*1-5-3-4-6(2)8(10)7(5)9;1-6-4-3-5-7(9)8(6)10-2;4*1-6-3-4-7(2)8(9)5-6;1-6-4-3-5-7(2)8(6)9;1-4-6(9)3-2-5(8)7(4)10;1-5-3-2-4-6(8)7(5)9;1-6-3-2-4-7(8)5-6;1-4-2-3-7-5(4)6/h3-7H,1-2H3;2-6H,1H3;1,4-6H,2H3;2*3-4H,1-2H3;3-5H,1-2H3;5*3-5H,1-2H3;2-3H,1H3;2-4H,1H3;2-5H,1H3;2-3H,1H3. The lowest BCUT2D eigenvalue weighted by Gasteiger charge is -2.04. The summed E-state index contributed by atoms with van der Waals surface area (Å²) in [6.07, 6.45) is 9.20. The molecule has 0 N–H and O–H groups in total. The van der Waals surface area contributed by atoms with Crippen LogP contribution in [0.1, 0.15) is 122 Å². The molecule has 3 heterocycles. The number of nitrogens with zero attached hydrogens (tertiary/aromatic N) is 2. The first-order valence-corrected chi connectivity index (χ1v) is 48.2. The summed E-state index contributed by atoms with van der Waals surface area (Å²) in [5, 5.41) is 8.24. The smallest absolute Gasteiger partial charge is 0.147 e. The van der Waals surface area contributed by atoms with Crippen molar-refractivity contribution >= 4 is 138 Å². The van der Waals surface area contributed by atoms with E-state index in [2.05, 4.69) is 71.6 Å². The third-order valence-electron chi connectivity index (χ3n) is 20.5. The molecule has 0 aliphatic rings. The molecule has 0 aliphatic carbocycles. The maximum atomic E-state index is 12.9. The zero-order chi connectivity index (χ0) is 106. The Labute approximate surface area is 876 Å². The lowest BCUT2D eigenvalue weighted by Crippen LogP contribution is -1.87. The normalized spacial score (nSPS) is 9.80. The Balaban J connectivity index is 0.000000389. The molecular weight excluding hydrogens is 2000 g/mol. The summed E-state index contributed by atoms with van der Waals surface area (Å²) in [5.74, 6) is 0.134. The van der Waals surface area contributed by atoms with Crippen LogP contribution in [0, 0.1) is 216 Å². The van der Waals surface area contributed by atoms with Gasteiger partial charge in [-0.3, -0.25) is 0 Å². The molecule has 746 valence electrons. The molecule has 0 saturated carbocycles. The minimum Gasteiger partial charge on any atom is -0.495 e. The molecular formula is C118H119Cl9F10N2OS. The number of benzene rings is 14. The van der Waals surface area contributed by atoms with Crippen molar-refractivity contribution in [1.82, 2.24) is 9.13 Å². The van der Waals surface area contributed by atoms with Crippen LogP contribution < -0.4 is 4.74 Å². The number of rotatable bonds is 1. The van der Waals surface area contributed by atoms with E-state index >= 15 is 0 Å². The topological polar surface area (TPSA) is 19.1 Å². The van der Waals surface area contributed by atoms with Crippen molar-refractivity contribution in [3.63, 3.8) is 0 Å². The van der Waals surface area contributed by atoms with Crippen molar-refractivity contribution in [3.05, 3.63) is 504 Å². The number of terminal acetylenes is 1. The minimum absolute atomic E-state index is 0.0347. The molecule has 17 aromatic rings. The van der Waals surface area contributed by atoms with Crippen LogP contribution in [0.5, 0.6) is 5.75 Å². The van der Waals surface area contributed by atoms with Gasteiger partial charge in [-0.2, -0.15) is 0 Å². The first-order chi connectivity index (χ1) is 66.3. The first-order valence-electron chi connectivity index (χ1n) is 43.9. The monoisotopic (exact) mass is 2120 g/mol. The Morgan fingerprint density at radius 2 is 0.660 bits per heavy atom. The molecule has 0 aliphatic heterocycles. The van der Waals surface area contributed by atoms with Crippen molar-refractivity contribution < 1.29 is 48.6 Å². The highest BCUT2D eigenvalue weighted by Gasteiger charge is 2.11. The quantitative estimate of drug-likeness (QED) is 0.0911. The van der Waals surface area contributed by atoms with E-state index < -0.39 is 11.6 Å². The maximum absolute atomic E-state index is 12.9. The van der Waals surface area contributed by atoms with E-state index in [1.807, 2.05) is 177 Å². The fourth-order valence-electron chi connectivity index (χ4n) is 11.7. The SMILES string of the molecule is C#Cc1cccc(C)c1F.COc1c(C)cccc1Cl.Cc1c(F)ccc(Cl)c1F.Cc1ccc(C)c(Cl)c1.Cc1ccc(C)c(Cl)c1F.Cc1ccc(C)c(Cl)c1F.Cc1ccc(C)c(F)c1.Cc1ccc(C)c(F)c1.Cc1ccc(C)c(F)c1.Cc1cccc(C)c1F.Cc1cccc(Cl)c1.Cc1cccc(Cl)c1F.Cc1ccsc1Cl.Cc1cn(C)c2ccccc12.Cn1ccc2c(Cl)cccc21. The van der Waals surface area contributed by atoms with E-state index in [1.165, 1.54) is 75.9 Å². The van der Waals surface area contributed by atoms with Gasteiger partial charge in [-0.15, -0.1) is 17.8 Å². The van der Waals surface area contributed by atoms with Gasteiger partial charge >= 0.3 is 0 Å². The Hall–Kier alpha value is -10.9. The Kier molecular flexibility index (Phi) is 56.3. The van der Waals surface area contributed by atoms with Crippen molar-refractivity contribution in [2.45, 2.75) is 145 Å². The number of aryl methyl sites for hydroxylation is 22. The second kappa shape index (κ2) is 63.9. The third kappa shape index (κ3) is 43.9. The summed E-state index contributed by atoms with van der Waals surface area (Å²) in [7, 11) is 5.71. The van der Waals surface area contributed by atoms with Gasteiger partial charge in [-0.05, 0) is 359 Å². The van der Waals surface area contributed by atoms with Gasteiger partial charge in [0.05, 0.1) is 42.1 Å². The molecule has 14 aromatic carbocycles. The van der Waals surface area contributed by atoms with Crippen LogP contribution in [0.15, 0.2) is 279 Å². The first kappa shape index (κ1) is 124. The Bertz CT molecular complexity index is 6270. The number of methoxy groups -OCH3 is 1. The van der Waals surface area contributed by atoms with Crippen molar-refractivity contribution in [1.29, 1.82) is 0 Å². The molecule has 0 saturated heterocycles. The number of ether oxygens (including phenoxy) is 1. The van der Waals surface area contributed by atoms with Crippen LogP contribution in [0.3, 0.4) is 0 Å². The fraction of sp³-hybridized carbons (Fsp3) is 0.203. The number of thiophene rings is 1. The second-order valence-corrected chi connectivity index (χ2v) is 37.3. The van der Waals surface area contributed by atoms with Crippen LogP contribution >= 0.6 is 116 Å². The van der Waals surface area contributed by atoms with Gasteiger partial charge < -0.3 is 13.9 Å². The predicted octanol–water partition coefficient (Wildman–Crippen LogP) is 40.1. The fourth-order valence-corrected chi connectivity index (χ4v) is 14.4. The Morgan fingerprint density at radius 3 is 1.01 bits per heavy atom. The minimum atomic E-state index is -0.679. The number of halogens is 19. The molecule has 3 aromatic heterocycles. The summed E-state index contributed by atoms with van der Waals surface area (Å²) in [6, 6.07) is 78.3. The number of fused-ring (bicyclic) bond motifs is 2. The highest BCUT2D eigenvalue weighted by atomic mass is 35.5. The predicted molar refractivity (Wildman–Crippen MR) is 586 cm³/mol. The molecule has 17 rings (SSSR count). The number of para-hydroxylation sites is 2. The largest absolute Gasteiger partial charge is 0.495 e. The van der Waals surface area contributed by atoms with Crippen LogP contribution in [0.2, 0.25) is 44.5 Å². The van der Waals surface area contributed by atoms with Crippen LogP contribution in [0.25, 0.3) is 21.8 Å². The molecule has 23 heteroatoms. The highest BCUT2D eigenvalue weighted by molar-refractivity contribution is 7.14. The number of aromatic nitrogens is 2. The van der Waals surface area contributed by atoms with Crippen LogP contribution in [0.4, 0.5) is 43.9 Å². The molecule has 0 unspecified atom stereocenters. The summed E-state index contributed by atoms with van der Waals surface area (Å²) in [6.45, 7) is 38.3. The van der Waals surface area contributed by atoms with E-state index in [9.17, 15) is 43.9 Å². The van der Waals surface area contributed by atoms with Crippen molar-refractivity contribution in [2.75, 3.05) is 7.11 Å². The molecule has 141 heavy (non-hydrogen) atoms. The average molecular weight is 2120 g/mol. The second-order valence-electron chi connectivity index (χ2n) is 32.6. The van der Waals surface area contributed by atoms with Crippen molar-refractivity contribution in [2.24, 2.45) is 14.1 Å². The van der Waals surface area contributed by atoms with E-state index in [-0.39, 0.29) is 72.2 Å². The van der Waals surface area contributed by atoms with Gasteiger partial charge in [0.2, 0.25) is 0 Å². The molecule has 3 nitrogen and oxygen atoms in total. The summed E-state index contributed by atoms with van der Waals surface area (Å²) >= 11 is 52.4. The zero-order valence-corrected chi connectivity index (χ0v) is 91.1. The summed E-state index contributed by atoms with van der Waals surface area (Å²) < 4.78 is 137. The summed E-state index contributed by atoms with van der Waals surface area (Å²) in [4.78, 5) is 0. The molecule has 0 bridgehead atoms. The van der Waals surface area contributed by atoms with E-state index in [0.29, 0.717) is 49.5 Å². The third-order valence-corrected chi connectivity index (χ3v) is 24.7. The molecule has 0 radical (unpaired) electrons. The number of hydrogen-bond donors (Lipinski definition) is 0. The van der Waals surface area contributed by atoms with Crippen molar-refractivity contribution in [3.8, 4) is 18.1 Å². The molecule has 0 spiro atoms. The van der Waals surface area contributed by atoms with Gasteiger partial charge in [0, 0.05) is 68.9 Å². The van der Waals surface area contributed by atoms with E-state index in [1.54, 1.807) is 180 Å². The van der Waals surface area contributed by atoms with Crippen LogP contribution in [-0.2, 0) is 14.1 Å². The van der Waals surface area contributed by atoms with Gasteiger partial charge in [0.25, 0.3) is 0 Å². The van der Waals surface area contributed by atoms with E-state index in [4.69, 9.17) is 116 Å². The molecule has 0 atom stereocenters. The molecule has 0 fully saturated rings. The van der Waals surface area contributed by atoms with Crippen LogP contribution in [-0.4, -0.2) is 16.2 Å². The number of hydrogen-bond acceptors (Lipinski definition) is 2. The zero-order valence-electron chi connectivity index (χ0n) is 83.5. The van der Waals surface area contributed by atoms with Gasteiger partial charge in [0.15, 0.2) is 0 Å². The highest BCUT2D eigenvalue weighted by Crippen LogP contribution is 2.30. The summed E-state index contributed by atoms with van der Waals surface area (Å²) in [5.41, 5.74) is 20.3. The van der Waals surface area contributed by atoms with Gasteiger partial charge in [-0.1, -0.05) is 274 Å². The van der Waals surface area contributed by atoms with E-state index in [0.717, 1.165) is 86.7 Å². The van der Waals surface area contributed by atoms with Gasteiger partial charge in [-0.25, -0.2) is 43.9 Å². The Morgan fingerprint density at radius 1 is 0.277 bits per heavy atom. The molecule has 0 amide bonds.